The van der Waals surface area contributed by atoms with Crippen LogP contribution in [0.15, 0.2) is 24.3 Å². The van der Waals surface area contributed by atoms with Gasteiger partial charge in [0.2, 0.25) is 0 Å². The van der Waals surface area contributed by atoms with Crippen LogP contribution in [0.1, 0.15) is 26.3 Å². The summed E-state index contributed by atoms with van der Waals surface area (Å²) in [7, 11) is 1.58. The van der Waals surface area contributed by atoms with Crippen LogP contribution in [0.4, 0.5) is 0 Å². The van der Waals surface area contributed by atoms with E-state index >= 15 is 0 Å². The maximum absolute atomic E-state index is 12.0. The van der Waals surface area contributed by atoms with E-state index in [0.29, 0.717) is 19.6 Å². The number of rotatable bonds is 9. The maximum atomic E-state index is 12.0. The molecule has 130 valence electrons. The number of hydrogen-bond donors (Lipinski definition) is 1. The van der Waals surface area contributed by atoms with E-state index in [-0.39, 0.29) is 19.3 Å². The second-order valence-corrected chi connectivity index (χ2v) is 6.24. The van der Waals surface area contributed by atoms with Crippen LogP contribution in [0.5, 0.6) is 5.75 Å². The Bertz CT molecular complexity index is 486. The largest absolute Gasteiger partial charge is 0.467 e. The topological polar surface area (TPSA) is 74.0 Å². The Morgan fingerprint density at radius 3 is 2.57 bits per heavy atom. The minimum Gasteiger partial charge on any atom is -0.467 e. The summed E-state index contributed by atoms with van der Waals surface area (Å²) in [6.45, 7) is 7.54. The van der Waals surface area contributed by atoms with Gasteiger partial charge >= 0.3 is 5.97 Å². The second kappa shape index (κ2) is 9.50. The van der Waals surface area contributed by atoms with Crippen LogP contribution in [0.25, 0.3) is 0 Å². The van der Waals surface area contributed by atoms with Crippen LogP contribution < -0.4 is 10.5 Å². The molecular weight excluding hydrogens is 296 g/mol. The van der Waals surface area contributed by atoms with E-state index in [1.807, 2.05) is 49.9 Å². The number of carbonyl (C=O) groups excluding carboxylic acids is 1. The lowest BCUT2D eigenvalue weighted by atomic mass is 10.2. The van der Waals surface area contributed by atoms with Crippen molar-refractivity contribution in [2.24, 2.45) is 5.73 Å². The number of nitrogens with zero attached hydrogens (tertiary/aromatic N) is 1. The lowest BCUT2D eigenvalue weighted by Crippen LogP contribution is -2.37. The molecule has 0 atom stereocenters. The highest BCUT2D eigenvalue weighted by Gasteiger charge is 2.19. The van der Waals surface area contributed by atoms with Crippen LogP contribution in [0, 0.1) is 0 Å². The van der Waals surface area contributed by atoms with Gasteiger partial charge in [0.15, 0.2) is 6.79 Å². The first-order valence-corrected chi connectivity index (χ1v) is 7.69. The average Bonchev–Trinajstić information content (AvgIpc) is 2.44. The summed E-state index contributed by atoms with van der Waals surface area (Å²) in [5.41, 5.74) is 6.14. The highest BCUT2D eigenvalue weighted by molar-refractivity contribution is 5.72. The fourth-order valence-corrected chi connectivity index (χ4v) is 2.09. The van der Waals surface area contributed by atoms with Crippen molar-refractivity contribution >= 4 is 5.97 Å². The zero-order valence-corrected chi connectivity index (χ0v) is 14.5. The van der Waals surface area contributed by atoms with Gasteiger partial charge in [-0.05, 0) is 26.8 Å². The van der Waals surface area contributed by atoms with Gasteiger partial charge < -0.3 is 19.9 Å². The number of hydrogen-bond acceptors (Lipinski definition) is 6. The first kappa shape index (κ1) is 19.4. The van der Waals surface area contributed by atoms with Crippen LogP contribution in [-0.2, 0) is 20.8 Å². The van der Waals surface area contributed by atoms with Crippen LogP contribution in [0.3, 0.4) is 0 Å². The summed E-state index contributed by atoms with van der Waals surface area (Å²) in [4.78, 5) is 14.0. The third-order valence-corrected chi connectivity index (χ3v) is 2.92. The van der Waals surface area contributed by atoms with Gasteiger partial charge in [0.1, 0.15) is 11.4 Å². The minimum absolute atomic E-state index is 0.181. The number of para-hydroxylation sites is 1. The van der Waals surface area contributed by atoms with E-state index in [0.717, 1.165) is 11.3 Å². The fourth-order valence-electron chi connectivity index (χ4n) is 2.09. The van der Waals surface area contributed by atoms with E-state index in [1.54, 1.807) is 7.11 Å². The lowest BCUT2D eigenvalue weighted by molar-refractivity contribution is -0.156. The number of carbonyl (C=O) groups is 1. The number of methoxy groups -OCH3 is 1. The molecule has 0 unspecified atom stereocenters. The molecule has 0 saturated heterocycles. The Labute approximate surface area is 138 Å². The van der Waals surface area contributed by atoms with Crippen molar-refractivity contribution in [2.45, 2.75) is 32.9 Å². The molecule has 23 heavy (non-hydrogen) atoms. The molecule has 0 aromatic heterocycles. The molecule has 1 aromatic carbocycles. The van der Waals surface area contributed by atoms with E-state index in [1.165, 1.54) is 0 Å². The molecule has 1 rings (SSSR count). The van der Waals surface area contributed by atoms with Gasteiger partial charge in [-0.3, -0.25) is 9.69 Å². The quantitative estimate of drug-likeness (QED) is 0.551. The summed E-state index contributed by atoms with van der Waals surface area (Å²) in [5, 5.41) is 0. The molecule has 0 aliphatic heterocycles. The van der Waals surface area contributed by atoms with Crippen molar-refractivity contribution < 1.29 is 19.0 Å². The number of nitrogens with two attached hydrogens (primary N) is 1. The van der Waals surface area contributed by atoms with E-state index in [4.69, 9.17) is 19.9 Å². The Morgan fingerprint density at radius 1 is 1.26 bits per heavy atom. The molecule has 0 radical (unpaired) electrons. The van der Waals surface area contributed by atoms with Crippen molar-refractivity contribution in [3.8, 4) is 5.75 Å². The first-order chi connectivity index (χ1) is 10.9. The molecule has 0 amide bonds. The molecule has 0 fully saturated rings. The highest BCUT2D eigenvalue weighted by atomic mass is 16.7. The number of ether oxygens (including phenoxy) is 3. The first-order valence-electron chi connectivity index (χ1n) is 7.69. The average molecular weight is 324 g/mol. The predicted molar refractivity (Wildman–Crippen MR) is 89.1 cm³/mol. The lowest BCUT2D eigenvalue weighted by Gasteiger charge is -2.25. The predicted octanol–water partition coefficient (Wildman–Crippen LogP) is 1.77. The van der Waals surface area contributed by atoms with Crippen molar-refractivity contribution in [3.63, 3.8) is 0 Å². The Hall–Kier alpha value is -1.63. The van der Waals surface area contributed by atoms with E-state index in [9.17, 15) is 4.79 Å². The molecule has 0 bridgehead atoms. The summed E-state index contributed by atoms with van der Waals surface area (Å²) in [6, 6.07) is 7.67. The molecule has 6 heteroatoms. The highest BCUT2D eigenvalue weighted by Crippen LogP contribution is 2.20. The molecule has 6 nitrogen and oxygen atoms in total. The van der Waals surface area contributed by atoms with Crippen molar-refractivity contribution in [3.05, 3.63) is 29.8 Å². The zero-order chi connectivity index (χ0) is 17.3. The van der Waals surface area contributed by atoms with Gasteiger partial charge in [0, 0.05) is 32.3 Å². The van der Waals surface area contributed by atoms with Gasteiger partial charge in [0.25, 0.3) is 0 Å². The summed E-state index contributed by atoms with van der Waals surface area (Å²) in [6.07, 6.45) is 0. The van der Waals surface area contributed by atoms with Crippen molar-refractivity contribution in [1.29, 1.82) is 0 Å². The van der Waals surface area contributed by atoms with E-state index < -0.39 is 5.60 Å². The summed E-state index contributed by atoms with van der Waals surface area (Å²) < 4.78 is 15.9. The van der Waals surface area contributed by atoms with Gasteiger partial charge in [-0.1, -0.05) is 18.2 Å². The van der Waals surface area contributed by atoms with Crippen molar-refractivity contribution in [2.75, 3.05) is 33.5 Å². The van der Waals surface area contributed by atoms with Crippen LogP contribution in [-0.4, -0.2) is 50.0 Å². The minimum atomic E-state index is -0.495. The molecule has 0 saturated carbocycles. The second-order valence-electron chi connectivity index (χ2n) is 6.24. The third-order valence-electron chi connectivity index (χ3n) is 2.92. The SMILES string of the molecule is COCOc1ccccc1CN(CCN)CC(=O)OC(C)(C)C. The monoisotopic (exact) mass is 324 g/mol. The summed E-state index contributed by atoms with van der Waals surface area (Å²) in [5.74, 6) is 0.474. The maximum Gasteiger partial charge on any atom is 0.320 e. The molecule has 0 aliphatic rings. The molecule has 2 N–H and O–H groups in total. The standard InChI is InChI=1S/C17H28N2O4/c1-17(2,3)23-16(20)12-19(10-9-18)11-14-7-5-6-8-15(14)22-13-21-4/h5-8H,9-13,18H2,1-4H3. The van der Waals surface area contributed by atoms with Gasteiger partial charge in [-0.25, -0.2) is 0 Å². The molecule has 0 heterocycles. The number of benzene rings is 1. The van der Waals surface area contributed by atoms with E-state index in [2.05, 4.69) is 0 Å². The molecule has 0 spiro atoms. The van der Waals surface area contributed by atoms with Crippen LogP contribution in [0.2, 0.25) is 0 Å². The Morgan fingerprint density at radius 2 is 1.96 bits per heavy atom. The smallest absolute Gasteiger partial charge is 0.320 e. The zero-order valence-electron chi connectivity index (χ0n) is 14.5. The summed E-state index contributed by atoms with van der Waals surface area (Å²) >= 11 is 0. The normalized spacial score (nSPS) is 11.6. The third kappa shape index (κ3) is 7.97. The number of esters is 1. The molecule has 1 aromatic rings. The Balaban J connectivity index is 2.74. The van der Waals surface area contributed by atoms with Crippen molar-refractivity contribution in [1.82, 2.24) is 4.90 Å². The van der Waals surface area contributed by atoms with Crippen LogP contribution >= 0.6 is 0 Å². The Kier molecular flexibility index (Phi) is 8.02. The van der Waals surface area contributed by atoms with Gasteiger partial charge in [-0.15, -0.1) is 0 Å². The molecule has 0 aliphatic carbocycles. The van der Waals surface area contributed by atoms with Gasteiger partial charge in [0.05, 0.1) is 6.54 Å². The van der Waals surface area contributed by atoms with Gasteiger partial charge in [-0.2, -0.15) is 0 Å². The fraction of sp³-hybridized carbons (Fsp3) is 0.588. The molecular formula is C17H28N2O4.